The van der Waals surface area contributed by atoms with Crippen LogP contribution in [0.5, 0.6) is 0 Å². The van der Waals surface area contributed by atoms with Crippen molar-refractivity contribution in [1.29, 1.82) is 0 Å². The number of carboxylic acids is 1. The SMILES string of the molecule is CCCC(C)N(C)C(=O)NCC1(C(=O)O)CCC1. The first-order valence-corrected chi connectivity index (χ1v) is 6.67. The number of nitrogens with zero attached hydrogens (tertiary/aromatic N) is 1. The molecular weight excluding hydrogens is 232 g/mol. The average molecular weight is 256 g/mol. The van der Waals surface area contributed by atoms with Gasteiger partial charge >= 0.3 is 12.0 Å². The Hall–Kier alpha value is -1.26. The van der Waals surface area contributed by atoms with E-state index in [-0.39, 0.29) is 18.6 Å². The number of carboxylic acid groups (broad SMARTS) is 1. The Morgan fingerprint density at radius 2 is 2.06 bits per heavy atom. The molecule has 1 rings (SSSR count). The highest BCUT2D eigenvalue weighted by Crippen LogP contribution is 2.40. The monoisotopic (exact) mass is 256 g/mol. The third kappa shape index (κ3) is 3.15. The first kappa shape index (κ1) is 14.8. The largest absolute Gasteiger partial charge is 0.481 e. The van der Waals surface area contributed by atoms with E-state index in [4.69, 9.17) is 5.11 Å². The first-order valence-electron chi connectivity index (χ1n) is 6.67. The molecule has 1 aliphatic carbocycles. The van der Waals surface area contributed by atoms with Crippen LogP contribution in [0.2, 0.25) is 0 Å². The van der Waals surface area contributed by atoms with Crippen LogP contribution in [-0.2, 0) is 4.79 Å². The third-order valence-electron chi connectivity index (χ3n) is 4.03. The minimum absolute atomic E-state index is 0.177. The van der Waals surface area contributed by atoms with Gasteiger partial charge in [0.25, 0.3) is 0 Å². The molecule has 1 saturated carbocycles. The quantitative estimate of drug-likeness (QED) is 0.764. The van der Waals surface area contributed by atoms with Gasteiger partial charge in [0.1, 0.15) is 0 Å². The van der Waals surface area contributed by atoms with Crippen molar-refractivity contribution >= 4 is 12.0 Å². The van der Waals surface area contributed by atoms with Crippen LogP contribution in [0.3, 0.4) is 0 Å². The maximum absolute atomic E-state index is 11.9. The lowest BCUT2D eigenvalue weighted by Gasteiger charge is -2.38. The topological polar surface area (TPSA) is 69.6 Å². The van der Waals surface area contributed by atoms with Crippen LogP contribution in [0.1, 0.15) is 46.0 Å². The van der Waals surface area contributed by atoms with E-state index < -0.39 is 11.4 Å². The Morgan fingerprint density at radius 1 is 1.44 bits per heavy atom. The summed E-state index contributed by atoms with van der Waals surface area (Å²) in [6.07, 6.45) is 4.24. The predicted octanol–water partition coefficient (Wildman–Crippen LogP) is 2.07. The molecule has 0 bridgehead atoms. The standard InChI is InChI=1S/C13H24N2O3/c1-4-6-10(2)15(3)12(18)14-9-13(11(16)17)7-5-8-13/h10H,4-9H2,1-3H3,(H,14,18)(H,16,17). The van der Waals surface area contributed by atoms with E-state index in [2.05, 4.69) is 12.2 Å². The summed E-state index contributed by atoms with van der Waals surface area (Å²) in [4.78, 5) is 24.7. The van der Waals surface area contributed by atoms with E-state index in [1.807, 2.05) is 6.92 Å². The van der Waals surface area contributed by atoms with Crippen LogP contribution >= 0.6 is 0 Å². The number of carbonyl (C=O) groups is 2. The molecule has 0 radical (unpaired) electrons. The zero-order valence-electron chi connectivity index (χ0n) is 11.5. The van der Waals surface area contributed by atoms with Crippen LogP contribution in [0, 0.1) is 5.41 Å². The lowest BCUT2D eigenvalue weighted by molar-refractivity contribution is -0.153. The summed E-state index contributed by atoms with van der Waals surface area (Å²) in [6, 6.07) is 0.000596. The van der Waals surface area contributed by atoms with Crippen molar-refractivity contribution in [2.24, 2.45) is 5.41 Å². The zero-order valence-corrected chi connectivity index (χ0v) is 11.5. The molecule has 0 spiro atoms. The molecule has 0 heterocycles. The van der Waals surface area contributed by atoms with Gasteiger partial charge in [-0.1, -0.05) is 19.8 Å². The molecule has 1 atom stereocenters. The molecule has 1 unspecified atom stereocenters. The summed E-state index contributed by atoms with van der Waals surface area (Å²) in [7, 11) is 1.75. The Bertz CT molecular complexity index is 313. The lowest BCUT2D eigenvalue weighted by atomic mass is 9.69. The number of urea groups is 1. The van der Waals surface area contributed by atoms with Gasteiger partial charge < -0.3 is 15.3 Å². The van der Waals surface area contributed by atoms with Gasteiger partial charge in [-0.3, -0.25) is 4.79 Å². The molecule has 1 fully saturated rings. The second kappa shape index (κ2) is 6.07. The molecule has 2 N–H and O–H groups in total. The van der Waals surface area contributed by atoms with Gasteiger partial charge in [0.05, 0.1) is 5.41 Å². The van der Waals surface area contributed by atoms with Crippen molar-refractivity contribution in [2.45, 2.75) is 52.0 Å². The molecule has 2 amide bonds. The number of carbonyl (C=O) groups excluding carboxylic acids is 1. The van der Waals surface area contributed by atoms with Gasteiger partial charge in [-0.15, -0.1) is 0 Å². The fourth-order valence-electron chi connectivity index (χ4n) is 2.25. The van der Waals surface area contributed by atoms with Crippen molar-refractivity contribution in [3.8, 4) is 0 Å². The first-order chi connectivity index (χ1) is 8.43. The highest BCUT2D eigenvalue weighted by atomic mass is 16.4. The molecule has 1 aliphatic rings. The van der Waals surface area contributed by atoms with E-state index in [1.165, 1.54) is 0 Å². The Morgan fingerprint density at radius 3 is 2.44 bits per heavy atom. The third-order valence-corrected chi connectivity index (χ3v) is 4.03. The van der Waals surface area contributed by atoms with Gasteiger partial charge in [0.2, 0.25) is 0 Å². The smallest absolute Gasteiger partial charge is 0.317 e. The molecule has 0 aromatic heterocycles. The molecule has 5 nitrogen and oxygen atoms in total. The minimum atomic E-state index is -0.793. The molecule has 18 heavy (non-hydrogen) atoms. The Labute approximate surface area is 109 Å². The second-order valence-electron chi connectivity index (χ2n) is 5.35. The number of hydrogen-bond donors (Lipinski definition) is 2. The number of aliphatic carboxylic acids is 1. The normalized spacial score (nSPS) is 18.6. The zero-order chi connectivity index (χ0) is 13.8. The second-order valence-corrected chi connectivity index (χ2v) is 5.35. The van der Waals surface area contributed by atoms with Crippen LogP contribution in [0.4, 0.5) is 4.79 Å². The van der Waals surface area contributed by atoms with Crippen molar-refractivity contribution in [1.82, 2.24) is 10.2 Å². The van der Waals surface area contributed by atoms with Crippen molar-refractivity contribution in [3.63, 3.8) is 0 Å². The molecule has 0 saturated heterocycles. The number of amides is 2. The maximum atomic E-state index is 11.9. The molecule has 0 aromatic rings. The van der Waals surface area contributed by atoms with E-state index in [1.54, 1.807) is 11.9 Å². The van der Waals surface area contributed by atoms with Gasteiger partial charge in [-0.05, 0) is 26.2 Å². The number of rotatable bonds is 6. The van der Waals surface area contributed by atoms with E-state index >= 15 is 0 Å². The van der Waals surface area contributed by atoms with Gasteiger partial charge in [-0.2, -0.15) is 0 Å². The number of hydrogen-bond acceptors (Lipinski definition) is 2. The molecular formula is C13H24N2O3. The van der Waals surface area contributed by atoms with Crippen LogP contribution < -0.4 is 5.32 Å². The van der Waals surface area contributed by atoms with Gasteiger partial charge in [0.15, 0.2) is 0 Å². The highest BCUT2D eigenvalue weighted by molar-refractivity contribution is 5.78. The fraction of sp³-hybridized carbons (Fsp3) is 0.846. The predicted molar refractivity (Wildman–Crippen MR) is 69.5 cm³/mol. The van der Waals surface area contributed by atoms with Crippen molar-refractivity contribution in [3.05, 3.63) is 0 Å². The number of nitrogens with one attached hydrogen (secondary N) is 1. The lowest BCUT2D eigenvalue weighted by Crippen LogP contribution is -2.51. The van der Waals surface area contributed by atoms with E-state index in [9.17, 15) is 9.59 Å². The Balaban J connectivity index is 2.43. The van der Waals surface area contributed by atoms with E-state index in [0.717, 1.165) is 19.3 Å². The molecule has 0 aromatic carbocycles. The summed E-state index contributed by atoms with van der Waals surface area (Å²) < 4.78 is 0. The van der Waals surface area contributed by atoms with Crippen LogP contribution in [0.25, 0.3) is 0 Å². The molecule has 0 aliphatic heterocycles. The van der Waals surface area contributed by atoms with E-state index in [0.29, 0.717) is 12.8 Å². The summed E-state index contributed by atoms with van der Waals surface area (Å²) in [5.74, 6) is -0.793. The van der Waals surface area contributed by atoms with Crippen LogP contribution in [-0.4, -0.2) is 41.6 Å². The van der Waals surface area contributed by atoms with Crippen molar-refractivity contribution < 1.29 is 14.7 Å². The van der Waals surface area contributed by atoms with Gasteiger partial charge in [-0.25, -0.2) is 4.79 Å². The molecule has 104 valence electrons. The Kier molecular flexibility index (Phi) is 4.99. The summed E-state index contributed by atoms with van der Waals surface area (Å²) in [5, 5.41) is 11.9. The van der Waals surface area contributed by atoms with Crippen molar-refractivity contribution in [2.75, 3.05) is 13.6 Å². The summed E-state index contributed by atoms with van der Waals surface area (Å²) in [6.45, 7) is 4.32. The molecule has 5 heteroatoms. The summed E-state index contributed by atoms with van der Waals surface area (Å²) in [5.41, 5.74) is -0.718. The average Bonchev–Trinajstić information content (AvgIpc) is 2.26. The van der Waals surface area contributed by atoms with Gasteiger partial charge in [0, 0.05) is 19.6 Å². The fourth-order valence-corrected chi connectivity index (χ4v) is 2.25. The highest BCUT2D eigenvalue weighted by Gasteiger charge is 2.44. The maximum Gasteiger partial charge on any atom is 0.317 e. The minimum Gasteiger partial charge on any atom is -0.481 e. The summed E-state index contributed by atoms with van der Waals surface area (Å²) >= 11 is 0. The van der Waals surface area contributed by atoms with Crippen LogP contribution in [0.15, 0.2) is 0 Å².